The lowest BCUT2D eigenvalue weighted by Gasteiger charge is -2.26. The Hall–Kier alpha value is -2.21. The third-order valence-electron chi connectivity index (χ3n) is 5.14. The van der Waals surface area contributed by atoms with Crippen LogP contribution in [0.4, 0.5) is 4.39 Å². The van der Waals surface area contributed by atoms with Crippen molar-refractivity contribution in [2.24, 2.45) is 0 Å². The molecule has 0 saturated carbocycles. The molecule has 1 aliphatic rings. The smallest absolute Gasteiger partial charge is 0.206 e. The number of benzene rings is 1. The molecule has 0 fully saturated rings. The molecule has 3 heteroatoms. The van der Waals surface area contributed by atoms with E-state index < -0.39 is 5.82 Å². The fraction of sp³-hybridized carbons (Fsp3) is 0.368. The first-order chi connectivity index (χ1) is 10.6. The molecule has 1 aromatic carbocycles. The molecule has 1 aliphatic heterocycles. The van der Waals surface area contributed by atoms with Gasteiger partial charge in [0.05, 0.1) is 11.1 Å². The third-order valence-corrected chi connectivity index (χ3v) is 5.14. The van der Waals surface area contributed by atoms with Gasteiger partial charge in [0.2, 0.25) is 5.69 Å². The summed E-state index contributed by atoms with van der Waals surface area (Å²) >= 11 is 0. The lowest BCUT2D eigenvalue weighted by Crippen LogP contribution is -2.56. The van der Waals surface area contributed by atoms with Gasteiger partial charge in [-0.05, 0) is 30.2 Å². The van der Waals surface area contributed by atoms with E-state index in [1.165, 1.54) is 0 Å². The van der Waals surface area contributed by atoms with Crippen LogP contribution >= 0.6 is 0 Å². The number of halogens is 1. The van der Waals surface area contributed by atoms with Crippen LogP contribution in [0.1, 0.15) is 44.2 Å². The van der Waals surface area contributed by atoms with E-state index in [2.05, 4.69) is 30.7 Å². The van der Waals surface area contributed by atoms with Crippen LogP contribution in [0.5, 0.6) is 0 Å². The first-order valence-corrected chi connectivity index (χ1v) is 7.89. The highest BCUT2D eigenvalue weighted by atomic mass is 19.1. The number of nitrogens with zero attached hydrogens (tertiary/aromatic N) is 2. The molecular weight excluding hydrogens is 275 g/mol. The highest BCUT2D eigenvalue weighted by Gasteiger charge is 2.40. The van der Waals surface area contributed by atoms with E-state index in [0.717, 1.165) is 42.5 Å². The highest BCUT2D eigenvalue weighted by molar-refractivity contribution is 5.64. The summed E-state index contributed by atoms with van der Waals surface area (Å²) in [7, 11) is 0. The fourth-order valence-corrected chi connectivity index (χ4v) is 3.65. The third kappa shape index (κ3) is 2.11. The van der Waals surface area contributed by atoms with E-state index in [1.807, 2.05) is 18.2 Å². The van der Waals surface area contributed by atoms with Gasteiger partial charge >= 0.3 is 0 Å². The van der Waals surface area contributed by atoms with Crippen LogP contribution in [0.15, 0.2) is 36.5 Å². The van der Waals surface area contributed by atoms with Crippen LogP contribution in [-0.4, -0.2) is 0 Å². The predicted molar refractivity (Wildman–Crippen MR) is 83.6 cm³/mol. The zero-order chi connectivity index (χ0) is 15.7. The van der Waals surface area contributed by atoms with E-state index in [1.54, 1.807) is 12.1 Å². The van der Waals surface area contributed by atoms with Gasteiger partial charge in [0, 0.05) is 31.4 Å². The molecule has 2 aromatic rings. The Morgan fingerprint density at radius 3 is 2.73 bits per heavy atom. The van der Waals surface area contributed by atoms with Crippen molar-refractivity contribution in [3.63, 3.8) is 0 Å². The van der Waals surface area contributed by atoms with E-state index >= 15 is 0 Å². The molecule has 22 heavy (non-hydrogen) atoms. The Labute approximate surface area is 130 Å². The molecule has 0 aliphatic carbocycles. The summed E-state index contributed by atoms with van der Waals surface area (Å²) < 4.78 is 16.3. The van der Waals surface area contributed by atoms with Crippen molar-refractivity contribution in [3.05, 3.63) is 53.5 Å². The minimum atomic E-state index is -0.413. The first-order valence-electron chi connectivity index (χ1n) is 7.89. The molecule has 0 bridgehead atoms. The molecule has 2 nitrogen and oxygen atoms in total. The van der Waals surface area contributed by atoms with E-state index in [0.29, 0.717) is 0 Å². The fourth-order valence-electron chi connectivity index (χ4n) is 3.65. The molecule has 0 atom stereocenters. The van der Waals surface area contributed by atoms with Crippen molar-refractivity contribution in [2.45, 2.75) is 45.1 Å². The highest BCUT2D eigenvalue weighted by Crippen LogP contribution is 2.35. The zero-order valence-electron chi connectivity index (χ0n) is 13.1. The summed E-state index contributed by atoms with van der Waals surface area (Å²) in [5.74, 6) is -0.413. The lowest BCUT2D eigenvalue weighted by atomic mass is 9.86. The molecule has 0 amide bonds. The van der Waals surface area contributed by atoms with E-state index in [4.69, 9.17) is 5.26 Å². The maximum absolute atomic E-state index is 14.0. The lowest BCUT2D eigenvalue weighted by molar-refractivity contribution is -0.757. The molecule has 0 radical (unpaired) electrons. The Kier molecular flexibility index (Phi) is 3.70. The van der Waals surface area contributed by atoms with Crippen LogP contribution in [0, 0.1) is 17.1 Å². The van der Waals surface area contributed by atoms with Gasteiger partial charge < -0.3 is 0 Å². The molecule has 1 aromatic heterocycles. The van der Waals surface area contributed by atoms with Crippen LogP contribution < -0.4 is 4.57 Å². The summed E-state index contributed by atoms with van der Waals surface area (Å²) in [4.78, 5) is 0. The molecular formula is C19H20FN2+. The summed E-state index contributed by atoms with van der Waals surface area (Å²) in [5.41, 5.74) is 3.24. The zero-order valence-corrected chi connectivity index (χ0v) is 13.1. The molecule has 112 valence electrons. The number of hydrogen-bond acceptors (Lipinski definition) is 1. The number of aromatic nitrogens is 1. The molecule has 0 spiro atoms. The summed E-state index contributed by atoms with van der Waals surface area (Å²) in [6.07, 6.45) is 6.01. The number of pyridine rings is 1. The van der Waals surface area contributed by atoms with Crippen molar-refractivity contribution < 1.29 is 8.96 Å². The van der Waals surface area contributed by atoms with Gasteiger partial charge in [0.15, 0.2) is 11.7 Å². The number of aryl methyl sites for hydroxylation is 1. The van der Waals surface area contributed by atoms with Gasteiger partial charge in [-0.1, -0.05) is 13.8 Å². The Morgan fingerprint density at radius 2 is 2.05 bits per heavy atom. The topological polar surface area (TPSA) is 27.7 Å². The second-order valence-electron chi connectivity index (χ2n) is 5.99. The van der Waals surface area contributed by atoms with Gasteiger partial charge in [-0.2, -0.15) is 9.83 Å². The molecule has 3 rings (SSSR count). The van der Waals surface area contributed by atoms with Crippen molar-refractivity contribution in [1.82, 2.24) is 0 Å². The molecule has 0 N–H and O–H groups in total. The quantitative estimate of drug-likeness (QED) is 0.766. The van der Waals surface area contributed by atoms with E-state index in [-0.39, 0.29) is 11.1 Å². The Morgan fingerprint density at radius 1 is 1.27 bits per heavy atom. The largest absolute Gasteiger partial charge is 0.213 e. The van der Waals surface area contributed by atoms with Gasteiger partial charge in [-0.25, -0.2) is 4.39 Å². The molecule has 0 unspecified atom stereocenters. The summed E-state index contributed by atoms with van der Waals surface area (Å²) in [6, 6.07) is 11.3. The number of fused-ring (bicyclic) bond motifs is 3. The normalized spacial score (nSPS) is 15.4. The second-order valence-corrected chi connectivity index (χ2v) is 5.99. The van der Waals surface area contributed by atoms with Crippen molar-refractivity contribution in [1.29, 1.82) is 5.26 Å². The average Bonchev–Trinajstić information content (AvgIpc) is 2.69. The summed E-state index contributed by atoms with van der Waals surface area (Å²) in [5, 5.41) is 9.14. The first kappa shape index (κ1) is 14.7. The van der Waals surface area contributed by atoms with Crippen LogP contribution in [0.3, 0.4) is 0 Å². The standard InChI is InChI=1S/C19H20FN2/c1-3-19(4-2)9-8-14-12-17(20)15(13-21)11-16(14)18-7-5-6-10-22(18)19/h5-7,10-12H,3-4,8-9H2,1-2H3/q+1. The Bertz CT molecular complexity index is 755. The SMILES string of the molecule is CCC1(CC)CCc2cc(F)c(C#N)cc2-c2cccc[n+]21. The van der Waals surface area contributed by atoms with Crippen molar-refractivity contribution >= 4 is 0 Å². The van der Waals surface area contributed by atoms with Crippen LogP contribution in [0.2, 0.25) is 0 Å². The second kappa shape index (κ2) is 5.53. The van der Waals surface area contributed by atoms with Crippen LogP contribution in [0.25, 0.3) is 11.3 Å². The molecule has 2 heterocycles. The number of nitriles is 1. The van der Waals surface area contributed by atoms with Gasteiger partial charge in [-0.3, -0.25) is 0 Å². The van der Waals surface area contributed by atoms with Gasteiger partial charge in [-0.15, -0.1) is 0 Å². The minimum absolute atomic E-state index is 0.0545. The van der Waals surface area contributed by atoms with Crippen molar-refractivity contribution in [2.75, 3.05) is 0 Å². The number of rotatable bonds is 2. The van der Waals surface area contributed by atoms with Crippen molar-refractivity contribution in [3.8, 4) is 17.3 Å². The minimum Gasteiger partial charge on any atom is -0.206 e. The summed E-state index contributed by atoms with van der Waals surface area (Å²) in [6.45, 7) is 4.43. The Balaban J connectivity index is 2.31. The average molecular weight is 295 g/mol. The predicted octanol–water partition coefficient (Wildman–Crippen LogP) is 4.11. The van der Waals surface area contributed by atoms with Crippen LogP contribution in [-0.2, 0) is 12.0 Å². The maximum atomic E-state index is 14.0. The monoisotopic (exact) mass is 295 g/mol. The maximum Gasteiger partial charge on any atom is 0.213 e. The van der Waals surface area contributed by atoms with Gasteiger partial charge in [0.25, 0.3) is 0 Å². The molecule has 0 saturated heterocycles. The number of hydrogen-bond donors (Lipinski definition) is 0. The van der Waals surface area contributed by atoms with Gasteiger partial charge in [0.1, 0.15) is 11.9 Å². The van der Waals surface area contributed by atoms with E-state index in [9.17, 15) is 4.39 Å².